The molecule has 25 aromatic rings. The second kappa shape index (κ2) is 36.7. The number of rotatable bonds is 15. The molecule has 0 amide bonds. The molecule has 136 heavy (non-hydrogen) atoms. The van der Waals surface area contributed by atoms with E-state index in [-0.39, 0.29) is 0 Å². The molecule has 0 radical (unpaired) electrons. The molecular weight excluding hydrogens is 1660 g/mol. The van der Waals surface area contributed by atoms with Gasteiger partial charge in [-0.3, -0.25) is 15.0 Å². The lowest BCUT2D eigenvalue weighted by Crippen LogP contribution is -1.98. The van der Waals surface area contributed by atoms with Crippen LogP contribution in [0, 0.1) is 0 Å². The van der Waals surface area contributed by atoms with E-state index < -0.39 is 0 Å². The number of hydrogen-bond donors (Lipinski definition) is 0. The summed E-state index contributed by atoms with van der Waals surface area (Å²) >= 11 is 0. The first-order chi connectivity index (χ1) is 67.4. The SMILES string of the molecule is c1ccc(-c2cc(-c3ccc4ccc5c(-c6ccccn6)nc(-c6ccccc6)nc5c4c3)nc(-c3ccccc3)n2)cc1.c1ccc(-c2cc(-c3ccccn3)nc(-c3ccc4ccc5c(-c6ccccc6)nc(-c6ccccc6)nc5c4c3)n2)cc1.c1ccc(-c2nc(-c3ccc4ccccc4c3)cc(-c3ccc4ccc5c(-c6ccccn6)nc(-c6ccccc6)nc5c4c3)n2)cc1. The van der Waals surface area contributed by atoms with E-state index in [1.165, 1.54) is 10.8 Å². The molecule has 636 valence electrons. The molecule has 0 unspecified atom stereocenters. The Labute approximate surface area is 782 Å². The molecule has 0 saturated heterocycles. The summed E-state index contributed by atoms with van der Waals surface area (Å²) in [4.78, 5) is 74.8. The summed E-state index contributed by atoms with van der Waals surface area (Å²) in [6.45, 7) is 0. The summed E-state index contributed by atoms with van der Waals surface area (Å²) in [5.41, 5.74) is 24.4. The molecule has 0 N–H and O–H groups in total. The highest BCUT2D eigenvalue weighted by molar-refractivity contribution is 6.14. The van der Waals surface area contributed by atoms with Crippen molar-refractivity contribution in [3.63, 3.8) is 0 Å². The van der Waals surface area contributed by atoms with Crippen molar-refractivity contribution in [2.45, 2.75) is 0 Å². The van der Waals surface area contributed by atoms with E-state index in [1.54, 1.807) is 18.6 Å². The predicted molar refractivity (Wildman–Crippen MR) is 550 cm³/mol. The van der Waals surface area contributed by atoms with E-state index in [0.29, 0.717) is 34.9 Å². The molecule has 15 heteroatoms. The van der Waals surface area contributed by atoms with E-state index in [1.807, 2.05) is 243 Å². The summed E-state index contributed by atoms with van der Waals surface area (Å²) in [6.07, 6.45) is 5.39. The molecule has 0 saturated carbocycles. The summed E-state index contributed by atoms with van der Waals surface area (Å²) < 4.78 is 0. The lowest BCUT2D eigenvalue weighted by Gasteiger charge is -2.13. The summed E-state index contributed by atoms with van der Waals surface area (Å²) in [5.74, 6) is 4.01. The molecule has 0 fully saturated rings. The third kappa shape index (κ3) is 16.8. The summed E-state index contributed by atoms with van der Waals surface area (Å²) in [6, 6.07) is 152. The smallest absolute Gasteiger partial charge is 0.160 e. The van der Waals surface area contributed by atoms with Gasteiger partial charge in [0, 0.05) is 118 Å². The number of benzene rings is 16. The minimum absolute atomic E-state index is 0.631. The van der Waals surface area contributed by atoms with Crippen LogP contribution >= 0.6 is 0 Å². The third-order valence-corrected chi connectivity index (χ3v) is 24.2. The summed E-state index contributed by atoms with van der Waals surface area (Å²) in [5, 5.41) is 11.6. The number of pyridine rings is 3. The minimum atomic E-state index is 0.631. The van der Waals surface area contributed by atoms with Crippen molar-refractivity contribution in [1.29, 1.82) is 0 Å². The first-order valence-electron chi connectivity index (χ1n) is 45.0. The van der Waals surface area contributed by atoms with Gasteiger partial charge >= 0.3 is 0 Å². The predicted octanol–water partition coefficient (Wildman–Crippen LogP) is 29.1. The Morgan fingerprint density at radius 3 is 0.750 bits per heavy atom. The number of fused-ring (bicyclic) bond motifs is 10. The lowest BCUT2D eigenvalue weighted by atomic mass is 9.99. The zero-order valence-corrected chi connectivity index (χ0v) is 73.2. The van der Waals surface area contributed by atoms with Crippen LogP contribution < -0.4 is 0 Å². The Hall–Kier alpha value is -18.7. The average Bonchev–Trinajstić information content (AvgIpc) is 0.755. The van der Waals surface area contributed by atoms with Gasteiger partial charge in [-0.2, -0.15) is 0 Å². The van der Waals surface area contributed by atoms with Crippen LogP contribution in [0.5, 0.6) is 0 Å². The van der Waals surface area contributed by atoms with Crippen molar-refractivity contribution in [3.8, 4) is 170 Å². The Balaban J connectivity index is 0.000000115. The Kier molecular flexibility index (Phi) is 22.0. The maximum absolute atomic E-state index is 5.18. The monoisotopic (exact) mass is 1740 g/mol. The normalized spacial score (nSPS) is 11.2. The molecule has 15 nitrogen and oxygen atoms in total. The van der Waals surface area contributed by atoms with Crippen LogP contribution in [0.2, 0.25) is 0 Å². The Bertz CT molecular complexity index is 8290. The van der Waals surface area contributed by atoms with E-state index in [9.17, 15) is 0 Å². The Morgan fingerprint density at radius 1 is 0.118 bits per heavy atom. The number of nitrogens with zero attached hydrogens (tertiary/aromatic N) is 15. The van der Waals surface area contributed by atoms with E-state index in [2.05, 4.69) is 221 Å². The van der Waals surface area contributed by atoms with Gasteiger partial charge in [0.05, 0.1) is 73.5 Å². The maximum atomic E-state index is 5.18. The molecule has 0 aliphatic heterocycles. The lowest BCUT2D eigenvalue weighted by molar-refractivity contribution is 1.16. The Morgan fingerprint density at radius 2 is 0.375 bits per heavy atom. The van der Waals surface area contributed by atoms with Crippen LogP contribution in [0.25, 0.3) is 246 Å². The summed E-state index contributed by atoms with van der Waals surface area (Å²) in [7, 11) is 0. The van der Waals surface area contributed by atoms with Crippen LogP contribution in [0.15, 0.2) is 468 Å². The molecule has 0 bridgehead atoms. The standard InChI is InChI=1S/C43H27N5.2C39H25N5/c1-3-12-30(13-4-1)42-45-38(33-20-18-28-11-7-8-16-32(28)25-33)27-39(46-42)34-21-19-29-22-23-35-40(36(29)26-34)47-43(31-14-5-2-6-15-31)48-41(35)37-17-9-10-24-44-37;1-4-12-27(13-5-1)34-25-35(33-18-10-11-23-40-33)42-39(41-34)30-20-19-26-21-22-31-36(28-14-6-2-7-15-28)43-38(29-16-8-3-9-17-29)44-37(31)32(26)24-30;1-4-12-27(13-5-1)34-25-35(42-38(41-34)28-14-6-2-7-15-28)30-20-19-26-21-22-31-36(32(26)24-30)43-39(29-16-8-3-9-17-29)44-37(31)33-18-10-11-23-40-33/h1-27H;2*1-25H. The highest BCUT2D eigenvalue weighted by atomic mass is 15.0. The second-order valence-corrected chi connectivity index (χ2v) is 32.9. The first kappa shape index (κ1) is 81.7. The van der Waals surface area contributed by atoms with E-state index >= 15 is 0 Å². The fourth-order valence-electron chi connectivity index (χ4n) is 17.4. The van der Waals surface area contributed by atoms with Gasteiger partial charge in [-0.1, -0.05) is 352 Å². The van der Waals surface area contributed by atoms with Crippen molar-refractivity contribution in [2.75, 3.05) is 0 Å². The quantitative estimate of drug-likeness (QED) is 0.0879. The second-order valence-electron chi connectivity index (χ2n) is 32.9. The van der Waals surface area contributed by atoms with Crippen LogP contribution in [0.4, 0.5) is 0 Å². The molecule has 9 aromatic heterocycles. The molecule has 0 aliphatic rings. The van der Waals surface area contributed by atoms with Gasteiger partial charge in [-0.25, -0.2) is 59.8 Å². The van der Waals surface area contributed by atoms with Crippen LogP contribution in [0.3, 0.4) is 0 Å². The van der Waals surface area contributed by atoms with Crippen molar-refractivity contribution < 1.29 is 0 Å². The van der Waals surface area contributed by atoms with Gasteiger partial charge in [-0.15, -0.1) is 0 Å². The van der Waals surface area contributed by atoms with Crippen molar-refractivity contribution in [2.24, 2.45) is 0 Å². The zero-order valence-electron chi connectivity index (χ0n) is 73.2. The molecular formula is C121H77N15. The van der Waals surface area contributed by atoms with Crippen molar-refractivity contribution in [1.82, 2.24) is 74.8 Å². The van der Waals surface area contributed by atoms with Crippen LogP contribution in [-0.2, 0) is 0 Å². The molecule has 0 spiro atoms. The van der Waals surface area contributed by atoms with Crippen molar-refractivity contribution in [3.05, 3.63) is 468 Å². The molecule has 0 aliphatic carbocycles. The van der Waals surface area contributed by atoms with E-state index in [4.69, 9.17) is 59.8 Å². The van der Waals surface area contributed by atoms with Gasteiger partial charge < -0.3 is 0 Å². The molecule has 16 aromatic carbocycles. The van der Waals surface area contributed by atoms with Crippen molar-refractivity contribution >= 4 is 75.8 Å². The first-order valence-corrected chi connectivity index (χ1v) is 45.0. The average molecular weight is 1740 g/mol. The molecule has 0 atom stereocenters. The van der Waals surface area contributed by atoms with Gasteiger partial charge in [0.25, 0.3) is 0 Å². The molecule has 9 heterocycles. The number of aromatic nitrogens is 15. The maximum Gasteiger partial charge on any atom is 0.160 e. The third-order valence-electron chi connectivity index (χ3n) is 24.2. The fourth-order valence-corrected chi connectivity index (χ4v) is 17.4. The topological polar surface area (TPSA) is 193 Å². The molecule has 25 rings (SSSR count). The van der Waals surface area contributed by atoms with Crippen LogP contribution in [-0.4, -0.2) is 74.8 Å². The van der Waals surface area contributed by atoms with Gasteiger partial charge in [-0.05, 0) is 124 Å². The van der Waals surface area contributed by atoms with Gasteiger partial charge in [0.2, 0.25) is 0 Å². The highest BCUT2D eigenvalue weighted by Gasteiger charge is 2.23. The zero-order chi connectivity index (χ0) is 90.5. The van der Waals surface area contributed by atoms with Crippen LogP contribution in [0.1, 0.15) is 0 Å². The van der Waals surface area contributed by atoms with Gasteiger partial charge in [0.1, 0.15) is 11.4 Å². The highest BCUT2D eigenvalue weighted by Crippen LogP contribution is 2.42. The fraction of sp³-hybridized carbons (Fsp3) is 0. The largest absolute Gasteiger partial charge is 0.255 e. The van der Waals surface area contributed by atoms with E-state index in [0.717, 1.165) is 200 Å². The number of hydrogen-bond acceptors (Lipinski definition) is 15. The minimum Gasteiger partial charge on any atom is -0.255 e. The van der Waals surface area contributed by atoms with Gasteiger partial charge in [0.15, 0.2) is 34.9 Å².